The second kappa shape index (κ2) is 7.18. The van der Waals surface area contributed by atoms with Crippen LogP contribution in [0.4, 0.5) is 4.39 Å². The standard InChI is InChI=1S/C19H13FO6/c1-11(21)24-10-12-5-6-17-13(7-12)8-16(19(23)26-17)18(22)25-15-4-2-3-14(20)9-15/h2-9H,10H2,1H3. The Hall–Kier alpha value is -3.48. The van der Waals surface area contributed by atoms with Crippen LogP contribution in [0.1, 0.15) is 22.8 Å². The van der Waals surface area contributed by atoms with E-state index < -0.39 is 23.4 Å². The van der Waals surface area contributed by atoms with Gasteiger partial charge in [0.15, 0.2) is 0 Å². The van der Waals surface area contributed by atoms with Crippen LogP contribution in [0.5, 0.6) is 5.75 Å². The van der Waals surface area contributed by atoms with Gasteiger partial charge in [0.2, 0.25) is 0 Å². The van der Waals surface area contributed by atoms with Gasteiger partial charge in [-0.1, -0.05) is 12.1 Å². The van der Waals surface area contributed by atoms with Crippen LogP contribution in [0.3, 0.4) is 0 Å². The fraction of sp³-hybridized carbons (Fsp3) is 0.105. The van der Waals surface area contributed by atoms with Crippen molar-refractivity contribution in [2.45, 2.75) is 13.5 Å². The molecule has 0 unspecified atom stereocenters. The summed E-state index contributed by atoms with van der Waals surface area (Å²) < 4.78 is 28.2. The molecule has 26 heavy (non-hydrogen) atoms. The Kier molecular flexibility index (Phi) is 4.79. The smallest absolute Gasteiger partial charge is 0.351 e. The van der Waals surface area contributed by atoms with Crippen LogP contribution in [-0.2, 0) is 16.1 Å². The number of esters is 2. The fourth-order valence-corrected chi connectivity index (χ4v) is 2.28. The molecule has 3 rings (SSSR count). The van der Waals surface area contributed by atoms with Crippen LogP contribution in [0.15, 0.2) is 57.7 Å². The van der Waals surface area contributed by atoms with E-state index in [4.69, 9.17) is 13.9 Å². The molecule has 3 aromatic rings. The highest BCUT2D eigenvalue weighted by molar-refractivity contribution is 5.94. The number of benzene rings is 2. The maximum atomic E-state index is 13.2. The van der Waals surface area contributed by atoms with Crippen molar-refractivity contribution in [3.8, 4) is 5.75 Å². The van der Waals surface area contributed by atoms with Crippen molar-refractivity contribution in [2.75, 3.05) is 0 Å². The van der Waals surface area contributed by atoms with E-state index >= 15 is 0 Å². The molecule has 0 amide bonds. The van der Waals surface area contributed by atoms with Crippen molar-refractivity contribution < 1.29 is 27.9 Å². The monoisotopic (exact) mass is 356 g/mol. The first-order valence-electron chi connectivity index (χ1n) is 7.60. The second-order valence-electron chi connectivity index (χ2n) is 5.45. The minimum Gasteiger partial charge on any atom is -0.461 e. The molecular formula is C19H13FO6. The minimum atomic E-state index is -0.961. The van der Waals surface area contributed by atoms with Gasteiger partial charge in [0.25, 0.3) is 0 Å². The lowest BCUT2D eigenvalue weighted by atomic mass is 10.1. The van der Waals surface area contributed by atoms with Crippen LogP contribution in [0, 0.1) is 5.82 Å². The zero-order valence-electron chi connectivity index (χ0n) is 13.7. The number of carbonyl (C=O) groups is 2. The summed E-state index contributed by atoms with van der Waals surface area (Å²) in [6.45, 7) is 1.34. The van der Waals surface area contributed by atoms with Crippen LogP contribution >= 0.6 is 0 Å². The molecule has 0 N–H and O–H groups in total. The third-order valence-corrected chi connectivity index (χ3v) is 3.47. The van der Waals surface area contributed by atoms with Crippen molar-refractivity contribution in [1.29, 1.82) is 0 Å². The third kappa shape index (κ3) is 3.94. The van der Waals surface area contributed by atoms with Crippen molar-refractivity contribution in [2.24, 2.45) is 0 Å². The lowest BCUT2D eigenvalue weighted by molar-refractivity contribution is -0.142. The molecule has 0 fully saturated rings. The molecule has 0 aliphatic rings. The minimum absolute atomic E-state index is 0.0295. The van der Waals surface area contributed by atoms with E-state index in [1.165, 1.54) is 37.3 Å². The van der Waals surface area contributed by atoms with Crippen LogP contribution in [0.2, 0.25) is 0 Å². The predicted molar refractivity (Wildman–Crippen MR) is 89.3 cm³/mol. The molecule has 0 atom stereocenters. The predicted octanol–water partition coefficient (Wildman–Crippen LogP) is 3.21. The number of ether oxygens (including phenoxy) is 2. The van der Waals surface area contributed by atoms with Crippen molar-refractivity contribution >= 4 is 22.9 Å². The largest absolute Gasteiger partial charge is 0.461 e. The van der Waals surface area contributed by atoms with Gasteiger partial charge in [-0.25, -0.2) is 14.0 Å². The normalized spacial score (nSPS) is 10.5. The van der Waals surface area contributed by atoms with Gasteiger partial charge >= 0.3 is 17.6 Å². The summed E-state index contributed by atoms with van der Waals surface area (Å²) in [5.74, 6) is -1.99. The summed E-state index contributed by atoms with van der Waals surface area (Å²) in [6, 6.07) is 11.1. The van der Waals surface area contributed by atoms with Crippen molar-refractivity contribution in [3.63, 3.8) is 0 Å². The highest BCUT2D eigenvalue weighted by Crippen LogP contribution is 2.18. The quantitative estimate of drug-likeness (QED) is 0.405. The van der Waals surface area contributed by atoms with Gasteiger partial charge in [-0.05, 0) is 35.9 Å². The molecule has 0 radical (unpaired) electrons. The molecule has 132 valence electrons. The van der Waals surface area contributed by atoms with Gasteiger partial charge in [-0.2, -0.15) is 0 Å². The number of halogens is 1. The average molecular weight is 356 g/mol. The van der Waals surface area contributed by atoms with Crippen molar-refractivity contribution in [1.82, 2.24) is 0 Å². The molecule has 0 spiro atoms. The summed E-state index contributed by atoms with van der Waals surface area (Å²) >= 11 is 0. The van der Waals surface area contributed by atoms with Gasteiger partial charge < -0.3 is 13.9 Å². The summed E-state index contributed by atoms with van der Waals surface area (Å²) in [5.41, 5.74) is -0.270. The maximum absolute atomic E-state index is 13.2. The van der Waals surface area contributed by atoms with E-state index in [0.717, 1.165) is 6.07 Å². The second-order valence-corrected chi connectivity index (χ2v) is 5.45. The summed E-state index contributed by atoms with van der Waals surface area (Å²) in [5, 5.41) is 0.459. The molecule has 0 aliphatic carbocycles. The van der Waals surface area contributed by atoms with E-state index in [-0.39, 0.29) is 23.5 Å². The number of rotatable bonds is 4. The topological polar surface area (TPSA) is 82.8 Å². The first-order valence-corrected chi connectivity index (χ1v) is 7.60. The van der Waals surface area contributed by atoms with E-state index in [2.05, 4.69) is 0 Å². The first kappa shape index (κ1) is 17.3. The highest BCUT2D eigenvalue weighted by atomic mass is 19.1. The van der Waals surface area contributed by atoms with Crippen molar-refractivity contribution in [3.05, 3.63) is 75.9 Å². The Bertz CT molecular complexity index is 1050. The molecular weight excluding hydrogens is 343 g/mol. The maximum Gasteiger partial charge on any atom is 0.351 e. The van der Waals surface area contributed by atoms with Gasteiger partial charge in [-0.15, -0.1) is 0 Å². The van der Waals surface area contributed by atoms with E-state index in [0.29, 0.717) is 10.9 Å². The summed E-state index contributed by atoms with van der Waals surface area (Å²) in [7, 11) is 0. The first-order chi connectivity index (χ1) is 12.4. The Morgan fingerprint density at radius 2 is 1.92 bits per heavy atom. The van der Waals surface area contributed by atoms with Crippen LogP contribution in [0.25, 0.3) is 11.0 Å². The lowest BCUT2D eigenvalue weighted by Crippen LogP contribution is -2.18. The molecule has 0 aliphatic heterocycles. The van der Waals surface area contributed by atoms with Gasteiger partial charge in [-0.3, -0.25) is 4.79 Å². The lowest BCUT2D eigenvalue weighted by Gasteiger charge is -2.06. The molecule has 1 heterocycles. The molecule has 0 bridgehead atoms. The molecule has 2 aromatic carbocycles. The molecule has 7 heteroatoms. The summed E-state index contributed by atoms with van der Waals surface area (Å²) in [4.78, 5) is 35.1. The van der Waals surface area contributed by atoms with Gasteiger partial charge in [0.1, 0.15) is 29.3 Å². The Labute approximate surface area is 146 Å². The van der Waals surface area contributed by atoms with Crippen LogP contribution < -0.4 is 10.4 Å². The zero-order chi connectivity index (χ0) is 18.7. The SMILES string of the molecule is CC(=O)OCc1ccc2oc(=O)c(C(=O)Oc3cccc(F)c3)cc2c1. The highest BCUT2D eigenvalue weighted by Gasteiger charge is 2.16. The Balaban J connectivity index is 1.91. The zero-order valence-corrected chi connectivity index (χ0v) is 13.7. The third-order valence-electron chi connectivity index (χ3n) is 3.47. The van der Waals surface area contributed by atoms with Gasteiger partial charge in [0.05, 0.1) is 0 Å². The van der Waals surface area contributed by atoms with Crippen LogP contribution in [-0.4, -0.2) is 11.9 Å². The average Bonchev–Trinajstić information content (AvgIpc) is 2.59. The van der Waals surface area contributed by atoms with Gasteiger partial charge in [0, 0.05) is 18.4 Å². The number of carbonyl (C=O) groups excluding carboxylic acids is 2. The Morgan fingerprint density at radius 3 is 2.65 bits per heavy atom. The number of fused-ring (bicyclic) bond motifs is 1. The Morgan fingerprint density at radius 1 is 1.12 bits per heavy atom. The molecule has 6 nitrogen and oxygen atoms in total. The molecule has 0 saturated carbocycles. The van der Waals surface area contributed by atoms with E-state index in [1.54, 1.807) is 12.1 Å². The molecule has 0 saturated heterocycles. The number of hydrogen-bond acceptors (Lipinski definition) is 6. The summed E-state index contributed by atoms with van der Waals surface area (Å²) in [6.07, 6.45) is 0. The fourth-order valence-electron chi connectivity index (χ4n) is 2.28. The van der Waals surface area contributed by atoms with E-state index in [1.807, 2.05) is 0 Å². The molecule has 1 aromatic heterocycles. The number of hydrogen-bond donors (Lipinski definition) is 0. The van der Waals surface area contributed by atoms with E-state index in [9.17, 15) is 18.8 Å².